The van der Waals surface area contributed by atoms with Crippen LogP contribution in [0.3, 0.4) is 0 Å². The number of halogens is 1. The number of ether oxygens (including phenoxy) is 2. The number of fused-ring (bicyclic) bond motifs is 2. The van der Waals surface area contributed by atoms with Crippen LogP contribution in [0.1, 0.15) is 40.0 Å². The molecule has 3 aromatic carbocycles. The third kappa shape index (κ3) is 4.75. The lowest BCUT2D eigenvalue weighted by molar-refractivity contribution is 0.0941. The van der Waals surface area contributed by atoms with E-state index in [4.69, 9.17) is 14.5 Å². The number of benzene rings is 3. The number of nitrogens with one attached hydrogen (secondary N) is 1. The minimum Gasteiger partial charge on any atom is -0.493 e. The zero-order chi connectivity index (χ0) is 25.2. The first-order valence-corrected chi connectivity index (χ1v) is 12.7. The van der Waals surface area contributed by atoms with Crippen molar-refractivity contribution in [3.63, 3.8) is 0 Å². The first kappa shape index (κ1) is 24.1. The van der Waals surface area contributed by atoms with E-state index in [1.165, 1.54) is 11.1 Å². The average molecular weight is 546 g/mol. The van der Waals surface area contributed by atoms with Gasteiger partial charge in [-0.05, 0) is 66.4 Å². The van der Waals surface area contributed by atoms with Crippen molar-refractivity contribution < 1.29 is 14.3 Å². The Morgan fingerprint density at radius 3 is 2.42 bits per heavy atom. The van der Waals surface area contributed by atoms with Gasteiger partial charge in [-0.15, -0.1) is 0 Å². The summed E-state index contributed by atoms with van der Waals surface area (Å²) in [5.74, 6) is 2.13. The van der Waals surface area contributed by atoms with Gasteiger partial charge < -0.3 is 19.7 Å². The fourth-order valence-electron chi connectivity index (χ4n) is 4.70. The van der Waals surface area contributed by atoms with Crippen LogP contribution in [0, 0.1) is 0 Å². The number of hydrogen-bond acceptors (Lipinski definition) is 5. The Balaban J connectivity index is 1.46. The molecular formula is C29H28BrN3O3. The second-order valence-corrected chi connectivity index (χ2v) is 9.85. The Morgan fingerprint density at radius 2 is 1.69 bits per heavy atom. The molecule has 7 heteroatoms. The summed E-state index contributed by atoms with van der Waals surface area (Å²) in [6.07, 6.45) is 0.853. The highest BCUT2D eigenvalue weighted by Gasteiger charge is 2.23. The average Bonchev–Trinajstić information content (AvgIpc) is 2.91. The molecule has 0 radical (unpaired) electrons. The predicted molar refractivity (Wildman–Crippen MR) is 146 cm³/mol. The normalized spacial score (nSPS) is 13.7. The number of anilines is 1. The van der Waals surface area contributed by atoms with Crippen molar-refractivity contribution in [2.24, 2.45) is 0 Å². The molecule has 1 atom stereocenters. The lowest BCUT2D eigenvalue weighted by Crippen LogP contribution is -2.32. The number of carbonyl (C=O) groups is 1. The number of aromatic nitrogens is 1. The van der Waals surface area contributed by atoms with Crippen LogP contribution < -0.4 is 19.7 Å². The lowest BCUT2D eigenvalue weighted by Gasteiger charge is -2.31. The number of rotatable bonds is 6. The van der Waals surface area contributed by atoms with Gasteiger partial charge in [0.15, 0.2) is 11.5 Å². The van der Waals surface area contributed by atoms with E-state index in [9.17, 15) is 4.79 Å². The quantitative estimate of drug-likeness (QED) is 0.318. The summed E-state index contributed by atoms with van der Waals surface area (Å²) >= 11 is 3.47. The molecule has 6 nitrogen and oxygen atoms in total. The van der Waals surface area contributed by atoms with Crippen molar-refractivity contribution >= 4 is 38.6 Å². The van der Waals surface area contributed by atoms with Gasteiger partial charge in [0.25, 0.3) is 5.91 Å². The molecule has 1 amide bonds. The summed E-state index contributed by atoms with van der Waals surface area (Å²) in [5, 5.41) is 4.01. The molecule has 0 spiro atoms. The molecule has 184 valence electrons. The lowest BCUT2D eigenvalue weighted by atomic mass is 9.98. The van der Waals surface area contributed by atoms with Gasteiger partial charge in [-0.2, -0.15) is 0 Å². The van der Waals surface area contributed by atoms with Crippen molar-refractivity contribution in [2.45, 2.75) is 25.9 Å². The number of methoxy groups -OCH3 is 2. The number of amides is 1. The molecular weight excluding hydrogens is 518 g/mol. The molecule has 0 bridgehead atoms. The van der Waals surface area contributed by atoms with E-state index < -0.39 is 0 Å². The van der Waals surface area contributed by atoms with E-state index in [1.54, 1.807) is 14.2 Å². The monoisotopic (exact) mass is 545 g/mol. The standard InChI is InChI=1S/C29H28BrN3O3/c1-18(19-8-10-22(30)11-9-19)31-29(34)24-16-28(32-25-7-5-4-6-23(24)25)33-13-12-20-14-26(35-2)27(36-3)15-21(20)17-33/h4-11,14-16,18H,12-13,17H2,1-3H3,(H,31,34)/t18-/m1/s1. The summed E-state index contributed by atoms with van der Waals surface area (Å²) in [5.41, 5.74) is 4.88. The molecule has 0 saturated heterocycles. The highest BCUT2D eigenvalue weighted by molar-refractivity contribution is 9.10. The Kier molecular flexibility index (Phi) is 6.83. The fourth-order valence-corrected chi connectivity index (χ4v) is 4.96. The Morgan fingerprint density at radius 1 is 1.00 bits per heavy atom. The molecule has 5 rings (SSSR count). The number of pyridine rings is 1. The molecule has 1 aromatic heterocycles. The SMILES string of the molecule is COc1cc2c(cc1OC)CN(c1cc(C(=O)N[C@H](C)c3ccc(Br)cc3)c3ccccc3n1)CC2. The van der Waals surface area contributed by atoms with E-state index in [2.05, 4.69) is 32.2 Å². The van der Waals surface area contributed by atoms with Crippen molar-refractivity contribution in [1.82, 2.24) is 10.3 Å². The van der Waals surface area contributed by atoms with Crippen LogP contribution in [0.4, 0.5) is 5.82 Å². The predicted octanol–water partition coefficient (Wildman–Crippen LogP) is 6.07. The maximum absolute atomic E-state index is 13.5. The number of nitrogens with zero attached hydrogens (tertiary/aromatic N) is 2. The second-order valence-electron chi connectivity index (χ2n) is 8.94. The van der Waals surface area contributed by atoms with Gasteiger partial charge >= 0.3 is 0 Å². The molecule has 4 aromatic rings. The minimum absolute atomic E-state index is 0.117. The highest BCUT2D eigenvalue weighted by atomic mass is 79.9. The molecule has 1 aliphatic rings. The highest BCUT2D eigenvalue weighted by Crippen LogP contribution is 2.35. The van der Waals surface area contributed by atoms with E-state index in [0.29, 0.717) is 17.9 Å². The van der Waals surface area contributed by atoms with Gasteiger partial charge in [-0.3, -0.25) is 4.79 Å². The first-order chi connectivity index (χ1) is 17.5. The van der Waals surface area contributed by atoms with Crippen molar-refractivity contribution in [2.75, 3.05) is 25.7 Å². The summed E-state index contributed by atoms with van der Waals surface area (Å²) in [6, 6.07) is 21.7. The number of hydrogen-bond donors (Lipinski definition) is 1. The van der Waals surface area contributed by atoms with Gasteiger partial charge in [-0.1, -0.05) is 46.3 Å². The van der Waals surface area contributed by atoms with E-state index in [0.717, 1.165) is 45.5 Å². The third-order valence-electron chi connectivity index (χ3n) is 6.71. The molecule has 1 N–H and O–H groups in total. The molecule has 36 heavy (non-hydrogen) atoms. The maximum atomic E-state index is 13.5. The van der Waals surface area contributed by atoms with Crippen LogP contribution in [0.25, 0.3) is 10.9 Å². The first-order valence-electron chi connectivity index (χ1n) is 11.9. The molecule has 0 saturated carbocycles. The zero-order valence-electron chi connectivity index (χ0n) is 20.5. The fraction of sp³-hybridized carbons (Fsp3) is 0.241. The molecule has 0 fully saturated rings. The van der Waals surface area contributed by atoms with Gasteiger partial charge in [0.05, 0.1) is 31.3 Å². The van der Waals surface area contributed by atoms with Crippen molar-refractivity contribution in [3.8, 4) is 11.5 Å². The summed E-state index contributed by atoms with van der Waals surface area (Å²) in [7, 11) is 3.30. The number of para-hydroxylation sites is 1. The largest absolute Gasteiger partial charge is 0.493 e. The van der Waals surface area contributed by atoms with Crippen LogP contribution in [-0.4, -0.2) is 31.7 Å². The van der Waals surface area contributed by atoms with Crippen LogP contribution in [-0.2, 0) is 13.0 Å². The Hall–Kier alpha value is -3.58. The van der Waals surface area contributed by atoms with Gasteiger partial charge in [0, 0.05) is 22.9 Å². The van der Waals surface area contributed by atoms with Crippen LogP contribution >= 0.6 is 15.9 Å². The molecule has 0 aliphatic carbocycles. The van der Waals surface area contributed by atoms with Crippen molar-refractivity contribution in [3.05, 3.63) is 93.5 Å². The topological polar surface area (TPSA) is 63.7 Å². The van der Waals surface area contributed by atoms with Crippen molar-refractivity contribution in [1.29, 1.82) is 0 Å². The minimum atomic E-state index is -0.134. The molecule has 2 heterocycles. The Labute approximate surface area is 219 Å². The van der Waals surface area contributed by atoms with Crippen LogP contribution in [0.2, 0.25) is 0 Å². The summed E-state index contributed by atoms with van der Waals surface area (Å²) in [4.78, 5) is 20.6. The van der Waals surface area contributed by atoms with E-state index in [-0.39, 0.29) is 11.9 Å². The summed E-state index contributed by atoms with van der Waals surface area (Å²) < 4.78 is 12.0. The second kappa shape index (κ2) is 10.2. The molecule has 0 unspecified atom stereocenters. The van der Waals surface area contributed by atoms with Gasteiger partial charge in [0.2, 0.25) is 0 Å². The summed E-state index contributed by atoms with van der Waals surface area (Å²) in [6.45, 7) is 3.47. The maximum Gasteiger partial charge on any atom is 0.252 e. The number of carbonyl (C=O) groups excluding carboxylic acids is 1. The van der Waals surface area contributed by atoms with Gasteiger partial charge in [0.1, 0.15) is 5.82 Å². The van der Waals surface area contributed by atoms with Crippen LogP contribution in [0.15, 0.2) is 71.2 Å². The van der Waals surface area contributed by atoms with Crippen LogP contribution in [0.5, 0.6) is 11.5 Å². The smallest absolute Gasteiger partial charge is 0.252 e. The van der Waals surface area contributed by atoms with E-state index >= 15 is 0 Å². The molecule has 1 aliphatic heterocycles. The van der Waals surface area contributed by atoms with E-state index in [1.807, 2.05) is 67.6 Å². The third-order valence-corrected chi connectivity index (χ3v) is 7.24. The Bertz CT molecular complexity index is 1420. The zero-order valence-corrected chi connectivity index (χ0v) is 22.1. The van der Waals surface area contributed by atoms with Gasteiger partial charge in [-0.25, -0.2) is 4.98 Å².